The van der Waals surface area contributed by atoms with Gasteiger partial charge in [-0.2, -0.15) is 0 Å². The summed E-state index contributed by atoms with van der Waals surface area (Å²) < 4.78 is 35.5. The third kappa shape index (κ3) is 9.31. The summed E-state index contributed by atoms with van der Waals surface area (Å²) in [4.78, 5) is 43.3. The molecule has 1 aliphatic rings. The topological polar surface area (TPSA) is 121 Å². The molecular formula is C33H40F2N4O5. The average Bonchev–Trinajstić information content (AvgIpc) is 2.92. The molecule has 0 saturated carbocycles. The minimum atomic E-state index is -1.39. The first-order chi connectivity index (χ1) is 20.8. The monoisotopic (exact) mass is 610 g/mol. The van der Waals surface area contributed by atoms with E-state index in [1.165, 1.54) is 18.3 Å². The molecule has 0 bridgehead atoms. The zero-order valence-electron chi connectivity index (χ0n) is 25.9. The number of nitrogens with zero attached hydrogens (tertiary/aromatic N) is 2. The first kappa shape index (κ1) is 34.1. The molecule has 1 fully saturated rings. The van der Waals surface area contributed by atoms with E-state index in [0.29, 0.717) is 24.2 Å². The SMILES string of the molecule is CC(C)C.Cc1cccc(C)c1-c1cc(F)c(F)c(C(CC(=O)O)NC(=O)CNC(=O)c2cccnc2OC2CN(C)C2)c1. The molecule has 2 heterocycles. The second kappa shape index (κ2) is 15.4. The minimum absolute atomic E-state index is 0.110. The Morgan fingerprint density at radius 2 is 1.70 bits per heavy atom. The van der Waals surface area contributed by atoms with Gasteiger partial charge in [0.25, 0.3) is 5.91 Å². The Hall–Kier alpha value is -4.38. The number of carboxylic acid groups (broad SMARTS) is 1. The summed E-state index contributed by atoms with van der Waals surface area (Å²) in [6.45, 7) is 11.0. The van der Waals surface area contributed by atoms with E-state index in [-0.39, 0.29) is 23.1 Å². The molecule has 1 saturated heterocycles. The first-order valence-corrected chi connectivity index (χ1v) is 14.4. The lowest BCUT2D eigenvalue weighted by Crippen LogP contribution is -2.51. The van der Waals surface area contributed by atoms with E-state index in [1.807, 2.05) is 44.0 Å². The van der Waals surface area contributed by atoms with Crippen LogP contribution in [0.2, 0.25) is 0 Å². The summed E-state index contributed by atoms with van der Waals surface area (Å²) in [5.74, 6) is -4.22. The van der Waals surface area contributed by atoms with Gasteiger partial charge in [0.15, 0.2) is 11.6 Å². The molecule has 1 unspecified atom stereocenters. The number of rotatable bonds is 10. The van der Waals surface area contributed by atoms with Crippen LogP contribution in [-0.4, -0.2) is 65.6 Å². The number of amides is 2. The molecule has 1 atom stereocenters. The number of nitrogens with one attached hydrogen (secondary N) is 2. The molecule has 0 spiro atoms. The number of carbonyl (C=O) groups is 3. The molecule has 0 radical (unpaired) electrons. The number of aryl methyl sites for hydroxylation is 2. The maximum atomic E-state index is 15.0. The number of aliphatic carboxylic acids is 1. The molecule has 0 aliphatic carbocycles. The van der Waals surface area contributed by atoms with E-state index in [0.717, 1.165) is 23.1 Å². The number of carbonyl (C=O) groups excluding carboxylic acids is 2. The van der Waals surface area contributed by atoms with Crippen LogP contribution in [0.5, 0.6) is 5.88 Å². The molecule has 236 valence electrons. The van der Waals surface area contributed by atoms with Gasteiger partial charge < -0.3 is 20.5 Å². The Kier molecular flexibility index (Phi) is 11.9. The van der Waals surface area contributed by atoms with Crippen LogP contribution in [0.25, 0.3) is 11.1 Å². The fourth-order valence-electron chi connectivity index (χ4n) is 4.72. The number of pyridine rings is 1. The third-order valence-corrected chi connectivity index (χ3v) is 6.65. The van der Waals surface area contributed by atoms with Crippen LogP contribution < -0.4 is 15.4 Å². The predicted octanol–water partition coefficient (Wildman–Crippen LogP) is 5.06. The Bertz CT molecular complexity index is 1470. The van der Waals surface area contributed by atoms with Crippen LogP contribution in [-0.2, 0) is 9.59 Å². The summed E-state index contributed by atoms with van der Waals surface area (Å²) >= 11 is 0. The molecule has 1 aromatic heterocycles. The van der Waals surface area contributed by atoms with Crippen molar-refractivity contribution in [2.24, 2.45) is 5.92 Å². The summed E-state index contributed by atoms with van der Waals surface area (Å²) in [5, 5.41) is 14.3. The average molecular weight is 611 g/mol. The Morgan fingerprint density at radius 1 is 1.07 bits per heavy atom. The van der Waals surface area contributed by atoms with Crippen molar-refractivity contribution in [3.8, 4) is 17.0 Å². The maximum Gasteiger partial charge on any atom is 0.305 e. The number of likely N-dealkylation sites (N-methyl/N-ethyl adjacent to an activating group) is 1. The van der Waals surface area contributed by atoms with Gasteiger partial charge in [-0.15, -0.1) is 0 Å². The summed E-state index contributed by atoms with van der Waals surface area (Å²) in [6.07, 6.45) is 0.668. The smallest absolute Gasteiger partial charge is 0.305 e. The second-order valence-electron chi connectivity index (χ2n) is 11.6. The van der Waals surface area contributed by atoms with Gasteiger partial charge in [-0.1, -0.05) is 39.0 Å². The molecular weight excluding hydrogens is 570 g/mol. The van der Waals surface area contributed by atoms with E-state index >= 15 is 0 Å². The van der Waals surface area contributed by atoms with Crippen LogP contribution in [0.1, 0.15) is 60.3 Å². The summed E-state index contributed by atoms with van der Waals surface area (Å²) in [6, 6.07) is 9.54. The minimum Gasteiger partial charge on any atom is -0.481 e. The van der Waals surface area contributed by atoms with Crippen molar-refractivity contribution >= 4 is 17.8 Å². The maximum absolute atomic E-state index is 15.0. The van der Waals surface area contributed by atoms with Crippen molar-refractivity contribution in [1.29, 1.82) is 0 Å². The van der Waals surface area contributed by atoms with Crippen molar-refractivity contribution in [3.05, 3.63) is 82.5 Å². The Balaban J connectivity index is 0.00000124. The van der Waals surface area contributed by atoms with Crippen LogP contribution in [0.4, 0.5) is 8.78 Å². The highest BCUT2D eigenvalue weighted by Crippen LogP contribution is 2.33. The van der Waals surface area contributed by atoms with Crippen molar-refractivity contribution in [1.82, 2.24) is 20.5 Å². The predicted molar refractivity (Wildman–Crippen MR) is 163 cm³/mol. The van der Waals surface area contributed by atoms with Gasteiger partial charge in [-0.05, 0) is 73.3 Å². The van der Waals surface area contributed by atoms with Crippen molar-refractivity contribution in [2.75, 3.05) is 26.7 Å². The lowest BCUT2D eigenvalue weighted by Gasteiger charge is -2.35. The molecule has 2 amide bonds. The number of ether oxygens (including phenoxy) is 1. The van der Waals surface area contributed by atoms with E-state index in [4.69, 9.17) is 4.74 Å². The zero-order valence-corrected chi connectivity index (χ0v) is 25.9. The number of likely N-dealkylation sites (tertiary alicyclic amines) is 1. The number of aromatic nitrogens is 1. The summed E-state index contributed by atoms with van der Waals surface area (Å²) in [7, 11) is 1.93. The summed E-state index contributed by atoms with van der Waals surface area (Å²) in [5.41, 5.74) is 2.49. The van der Waals surface area contributed by atoms with Gasteiger partial charge in [0.1, 0.15) is 11.7 Å². The number of halogens is 2. The highest BCUT2D eigenvalue weighted by atomic mass is 19.2. The van der Waals surface area contributed by atoms with Crippen molar-refractivity contribution < 1.29 is 33.0 Å². The largest absolute Gasteiger partial charge is 0.481 e. The van der Waals surface area contributed by atoms with Gasteiger partial charge in [0, 0.05) is 24.8 Å². The fraction of sp³-hybridized carbons (Fsp3) is 0.394. The molecule has 11 heteroatoms. The molecule has 1 aliphatic heterocycles. The molecule has 3 aromatic rings. The highest BCUT2D eigenvalue weighted by Gasteiger charge is 2.28. The van der Waals surface area contributed by atoms with E-state index < -0.39 is 48.4 Å². The van der Waals surface area contributed by atoms with Crippen LogP contribution in [0.3, 0.4) is 0 Å². The van der Waals surface area contributed by atoms with Gasteiger partial charge >= 0.3 is 5.97 Å². The first-order valence-electron chi connectivity index (χ1n) is 14.4. The number of hydrogen-bond donors (Lipinski definition) is 3. The lowest BCUT2D eigenvalue weighted by molar-refractivity contribution is -0.137. The number of carboxylic acids is 1. The molecule has 3 N–H and O–H groups in total. The number of benzene rings is 2. The number of hydrogen-bond acceptors (Lipinski definition) is 6. The highest BCUT2D eigenvalue weighted by molar-refractivity contribution is 5.98. The molecule has 4 rings (SSSR count). The second-order valence-corrected chi connectivity index (χ2v) is 11.6. The quantitative estimate of drug-likeness (QED) is 0.294. The molecule has 44 heavy (non-hydrogen) atoms. The Labute approximate surface area is 256 Å². The van der Waals surface area contributed by atoms with Crippen LogP contribution >= 0.6 is 0 Å². The zero-order chi connectivity index (χ0) is 32.6. The van der Waals surface area contributed by atoms with Crippen LogP contribution in [0, 0.1) is 31.4 Å². The molecule has 9 nitrogen and oxygen atoms in total. The van der Waals surface area contributed by atoms with Crippen LogP contribution in [0.15, 0.2) is 48.7 Å². The lowest BCUT2D eigenvalue weighted by atomic mass is 9.92. The van der Waals surface area contributed by atoms with E-state index in [2.05, 4.69) is 36.4 Å². The van der Waals surface area contributed by atoms with Gasteiger partial charge in [0.05, 0.1) is 19.0 Å². The van der Waals surface area contributed by atoms with Crippen molar-refractivity contribution in [3.63, 3.8) is 0 Å². The third-order valence-electron chi connectivity index (χ3n) is 6.65. The standard InChI is InChI=1S/C29H30F2N4O5.C4H10/c1-16-6-4-7-17(2)26(16)18-10-21(27(31)22(30)11-18)23(12-25(37)38)34-24(36)13-33-28(39)20-8-5-9-32-29(20)40-19-14-35(3)15-19;1-4(2)3/h4-11,19,23H,12-15H2,1-3H3,(H,33,39)(H,34,36)(H,37,38);4H,1-3H3. The fourth-order valence-corrected chi connectivity index (χ4v) is 4.72. The Morgan fingerprint density at radius 3 is 2.30 bits per heavy atom. The van der Waals surface area contributed by atoms with E-state index in [1.54, 1.807) is 6.07 Å². The van der Waals surface area contributed by atoms with Gasteiger partial charge in [-0.3, -0.25) is 19.3 Å². The van der Waals surface area contributed by atoms with Crippen molar-refractivity contribution in [2.45, 2.75) is 53.2 Å². The molecule has 2 aromatic carbocycles. The van der Waals surface area contributed by atoms with Gasteiger partial charge in [-0.25, -0.2) is 13.8 Å². The van der Waals surface area contributed by atoms with Gasteiger partial charge in [0.2, 0.25) is 11.8 Å². The van der Waals surface area contributed by atoms with E-state index in [9.17, 15) is 28.3 Å². The normalized spacial score (nSPS) is 13.8.